The minimum absolute atomic E-state index is 0.280. The topological polar surface area (TPSA) is 39.9 Å². The molecule has 0 aliphatic rings. The van der Waals surface area contributed by atoms with E-state index in [4.69, 9.17) is 0 Å². The van der Waals surface area contributed by atoms with E-state index in [1.165, 1.54) is 0 Å². The van der Waals surface area contributed by atoms with Crippen LogP contribution < -0.4 is 4.57 Å². The highest BCUT2D eigenvalue weighted by Gasteiger charge is 2.19. The lowest BCUT2D eigenvalue weighted by atomic mass is 10.1. The van der Waals surface area contributed by atoms with Gasteiger partial charge in [0.05, 0.1) is 0 Å². The smallest absolute Gasteiger partial charge is 0.237 e. The zero-order valence-electron chi connectivity index (χ0n) is 12.7. The summed E-state index contributed by atoms with van der Waals surface area (Å²) in [5.41, 5.74) is 4.36. The minimum Gasteiger partial charge on any atom is -0.508 e. The third-order valence-electron chi connectivity index (χ3n) is 4.14. The van der Waals surface area contributed by atoms with Crippen LogP contribution >= 0.6 is 0 Å². The van der Waals surface area contributed by atoms with Gasteiger partial charge in [0, 0.05) is 27.9 Å². The van der Waals surface area contributed by atoms with Crippen molar-refractivity contribution in [1.29, 1.82) is 0 Å². The first-order valence-electron chi connectivity index (χ1n) is 7.61. The summed E-state index contributed by atoms with van der Waals surface area (Å²) in [6, 6.07) is 17.8. The first-order valence-corrected chi connectivity index (χ1v) is 7.61. The highest BCUT2D eigenvalue weighted by molar-refractivity contribution is 6.10. The van der Waals surface area contributed by atoms with Crippen molar-refractivity contribution in [1.82, 2.24) is 4.98 Å². The predicted molar refractivity (Wildman–Crippen MR) is 93.3 cm³/mol. The molecule has 0 saturated carbocycles. The molecule has 0 aliphatic heterocycles. The zero-order chi connectivity index (χ0) is 15.8. The number of rotatable bonds is 3. The molecule has 4 rings (SSSR count). The SMILES string of the molecule is C=CC[n+]1ccc2c([nH]c3ccc(O)cc32)c1-c1ccccc1. The molecule has 3 nitrogen and oxygen atoms in total. The lowest BCUT2D eigenvalue weighted by Gasteiger charge is -2.04. The number of pyridine rings is 1. The van der Waals surface area contributed by atoms with Gasteiger partial charge in [-0.25, -0.2) is 0 Å². The Morgan fingerprint density at radius 3 is 2.65 bits per heavy atom. The van der Waals surface area contributed by atoms with Gasteiger partial charge in [-0.1, -0.05) is 24.8 Å². The van der Waals surface area contributed by atoms with E-state index in [9.17, 15) is 5.11 Å². The largest absolute Gasteiger partial charge is 0.508 e. The number of phenols is 1. The van der Waals surface area contributed by atoms with E-state index in [0.29, 0.717) is 0 Å². The van der Waals surface area contributed by atoms with Crippen LogP contribution in [0.25, 0.3) is 33.1 Å². The molecule has 0 unspecified atom stereocenters. The molecular formula is C20H17N2O+. The van der Waals surface area contributed by atoms with Crippen molar-refractivity contribution in [2.75, 3.05) is 0 Å². The number of aromatic amines is 1. The van der Waals surface area contributed by atoms with Gasteiger partial charge in [-0.15, -0.1) is 0 Å². The van der Waals surface area contributed by atoms with E-state index in [1.807, 2.05) is 30.3 Å². The number of hydrogen-bond acceptors (Lipinski definition) is 1. The molecule has 0 fully saturated rings. The lowest BCUT2D eigenvalue weighted by Crippen LogP contribution is -2.35. The molecule has 0 amide bonds. The molecule has 0 atom stereocenters. The molecule has 0 aliphatic carbocycles. The van der Waals surface area contributed by atoms with Gasteiger partial charge in [-0.3, -0.25) is 0 Å². The monoisotopic (exact) mass is 301 g/mol. The van der Waals surface area contributed by atoms with E-state index < -0.39 is 0 Å². The van der Waals surface area contributed by atoms with Crippen LogP contribution in [0.15, 0.2) is 73.4 Å². The second-order valence-corrected chi connectivity index (χ2v) is 5.61. The fourth-order valence-electron chi connectivity index (χ4n) is 3.14. The molecule has 0 spiro atoms. The Bertz CT molecular complexity index is 1020. The highest BCUT2D eigenvalue weighted by atomic mass is 16.3. The normalized spacial score (nSPS) is 11.1. The standard InChI is InChI=1S/C20H16N2O/c1-2-11-22-12-10-16-17-13-15(23)8-9-18(17)21-19(16)20(22)14-6-4-3-5-7-14/h2-10,12-13,23H,1,11H2/p+1. The molecule has 112 valence electrons. The van der Waals surface area contributed by atoms with Crippen molar-refractivity contribution in [3.05, 3.63) is 73.4 Å². The van der Waals surface area contributed by atoms with Crippen LogP contribution in [0, 0.1) is 0 Å². The molecule has 0 saturated heterocycles. The maximum atomic E-state index is 9.80. The molecule has 0 radical (unpaired) electrons. The van der Waals surface area contributed by atoms with E-state index in [1.54, 1.807) is 12.1 Å². The molecule has 2 aromatic carbocycles. The summed E-state index contributed by atoms with van der Waals surface area (Å²) < 4.78 is 2.18. The Hall–Kier alpha value is -3.07. The highest BCUT2D eigenvalue weighted by Crippen LogP contribution is 2.32. The number of H-pyrrole nitrogens is 1. The third kappa shape index (κ3) is 2.18. The summed E-state index contributed by atoms with van der Waals surface area (Å²) in [5.74, 6) is 0.280. The lowest BCUT2D eigenvalue weighted by molar-refractivity contribution is -0.675. The number of nitrogens with one attached hydrogen (secondary N) is 1. The van der Waals surface area contributed by atoms with Gasteiger partial charge in [0.1, 0.15) is 11.3 Å². The van der Waals surface area contributed by atoms with Gasteiger partial charge < -0.3 is 10.1 Å². The number of hydrogen-bond donors (Lipinski definition) is 2. The number of aromatic nitrogens is 2. The van der Waals surface area contributed by atoms with Crippen LogP contribution in [0.4, 0.5) is 0 Å². The zero-order valence-corrected chi connectivity index (χ0v) is 12.7. The molecule has 2 heterocycles. The quantitative estimate of drug-likeness (QED) is 0.433. The predicted octanol–water partition coefficient (Wildman–Crippen LogP) is 4.17. The van der Waals surface area contributed by atoms with Gasteiger partial charge >= 0.3 is 0 Å². The summed E-state index contributed by atoms with van der Waals surface area (Å²) in [4.78, 5) is 3.50. The summed E-state index contributed by atoms with van der Waals surface area (Å²) in [7, 11) is 0. The van der Waals surface area contributed by atoms with Crippen LogP contribution in [0.3, 0.4) is 0 Å². The number of benzene rings is 2. The molecular weight excluding hydrogens is 284 g/mol. The van der Waals surface area contributed by atoms with Crippen LogP contribution in [0.1, 0.15) is 0 Å². The average molecular weight is 301 g/mol. The second-order valence-electron chi connectivity index (χ2n) is 5.61. The minimum atomic E-state index is 0.280. The summed E-state index contributed by atoms with van der Waals surface area (Å²) in [6.07, 6.45) is 3.97. The van der Waals surface area contributed by atoms with Crippen molar-refractivity contribution >= 4 is 21.8 Å². The van der Waals surface area contributed by atoms with E-state index in [-0.39, 0.29) is 5.75 Å². The van der Waals surface area contributed by atoms with Gasteiger partial charge in [-0.2, -0.15) is 4.57 Å². The van der Waals surface area contributed by atoms with E-state index >= 15 is 0 Å². The Morgan fingerprint density at radius 2 is 1.87 bits per heavy atom. The number of fused-ring (bicyclic) bond motifs is 3. The van der Waals surface area contributed by atoms with Crippen molar-refractivity contribution in [3.8, 4) is 17.0 Å². The number of aromatic hydroxyl groups is 1. The van der Waals surface area contributed by atoms with Crippen molar-refractivity contribution in [3.63, 3.8) is 0 Å². The Kier molecular flexibility index (Phi) is 3.12. The Balaban J connectivity index is 2.13. The molecule has 4 aromatic rings. The fourth-order valence-corrected chi connectivity index (χ4v) is 3.14. The molecule has 3 heteroatoms. The summed E-state index contributed by atoms with van der Waals surface area (Å²) in [6.45, 7) is 4.60. The number of nitrogens with zero attached hydrogens (tertiary/aromatic N) is 1. The van der Waals surface area contributed by atoms with Gasteiger partial charge in [-0.05, 0) is 36.4 Å². The number of phenolic OH excluding ortho intramolecular Hbond substituents is 1. The summed E-state index contributed by atoms with van der Waals surface area (Å²) >= 11 is 0. The summed E-state index contributed by atoms with van der Waals surface area (Å²) in [5, 5.41) is 11.9. The van der Waals surface area contributed by atoms with E-state index in [0.717, 1.165) is 39.6 Å². The first kappa shape index (κ1) is 13.6. The van der Waals surface area contributed by atoms with Gasteiger partial charge in [0.2, 0.25) is 5.69 Å². The maximum Gasteiger partial charge on any atom is 0.237 e. The van der Waals surface area contributed by atoms with Crippen molar-refractivity contribution < 1.29 is 9.67 Å². The maximum absolute atomic E-state index is 9.80. The van der Waals surface area contributed by atoms with E-state index in [2.05, 4.69) is 40.5 Å². The fraction of sp³-hybridized carbons (Fsp3) is 0.0500. The Labute approximate surface area is 134 Å². The Morgan fingerprint density at radius 1 is 1.04 bits per heavy atom. The van der Waals surface area contributed by atoms with Crippen molar-refractivity contribution in [2.45, 2.75) is 6.54 Å². The van der Waals surface area contributed by atoms with Crippen LogP contribution in [0.2, 0.25) is 0 Å². The molecule has 2 N–H and O–H groups in total. The molecule has 23 heavy (non-hydrogen) atoms. The van der Waals surface area contributed by atoms with Gasteiger partial charge in [0.15, 0.2) is 12.7 Å². The third-order valence-corrected chi connectivity index (χ3v) is 4.14. The average Bonchev–Trinajstić information content (AvgIpc) is 2.93. The van der Waals surface area contributed by atoms with Crippen molar-refractivity contribution in [2.24, 2.45) is 0 Å². The van der Waals surface area contributed by atoms with Crippen LogP contribution in [-0.4, -0.2) is 10.1 Å². The van der Waals surface area contributed by atoms with Crippen LogP contribution in [-0.2, 0) is 6.54 Å². The molecule has 0 bridgehead atoms. The van der Waals surface area contributed by atoms with Gasteiger partial charge in [0.25, 0.3) is 0 Å². The number of allylic oxidation sites excluding steroid dienone is 1. The first-order chi connectivity index (χ1) is 11.3. The molecule has 2 aromatic heterocycles. The second kappa shape index (κ2) is 5.29. The van der Waals surface area contributed by atoms with Crippen LogP contribution in [0.5, 0.6) is 5.75 Å².